The average molecular weight is 569 g/mol. The van der Waals surface area contributed by atoms with Gasteiger partial charge in [0.05, 0.1) is 27.5 Å². The molecule has 10 nitrogen and oxygen atoms in total. The number of benzene rings is 3. The molecule has 0 spiro atoms. The van der Waals surface area contributed by atoms with Crippen LogP contribution in [0.2, 0.25) is 0 Å². The Kier molecular flexibility index (Phi) is 7.01. The normalized spacial score (nSPS) is 11.6. The summed E-state index contributed by atoms with van der Waals surface area (Å²) in [4.78, 5) is 6.11. The first-order valence-electron chi connectivity index (χ1n) is 12.5. The highest BCUT2D eigenvalue weighted by atomic mass is 32.2. The van der Waals surface area contributed by atoms with Crippen molar-refractivity contribution in [3.63, 3.8) is 0 Å². The second-order valence-electron chi connectivity index (χ2n) is 9.14. The molecule has 0 unspecified atom stereocenters. The standard InChI is InChI=1S/C28H24N8O2S2/c37-40(38,24-15-14-21-9-1-2-10-22(21)18-24)33-28-27(25-12-3-4-16-29-25)26(36(39)32-28)13-6-8-20-7-5-11-23(17-20)35-31-19-30-34-35/h1-5,7,9-12,14-19,39H,6,8,13H2,(H,32,33). The summed E-state index contributed by atoms with van der Waals surface area (Å²) in [5, 5.41) is 18.1. The molecule has 0 aliphatic heterocycles. The fourth-order valence-electron chi connectivity index (χ4n) is 4.62. The van der Waals surface area contributed by atoms with Crippen LogP contribution in [0.1, 0.15) is 17.7 Å². The third kappa shape index (κ3) is 5.31. The predicted molar refractivity (Wildman–Crippen MR) is 156 cm³/mol. The van der Waals surface area contributed by atoms with E-state index in [1.165, 1.54) is 15.2 Å². The monoisotopic (exact) mass is 568 g/mol. The van der Waals surface area contributed by atoms with E-state index in [9.17, 15) is 8.42 Å². The van der Waals surface area contributed by atoms with Crippen LogP contribution in [-0.4, -0.2) is 42.8 Å². The summed E-state index contributed by atoms with van der Waals surface area (Å²) in [5.74, 6) is 0.177. The molecule has 3 heterocycles. The molecule has 40 heavy (non-hydrogen) atoms. The van der Waals surface area contributed by atoms with Crippen LogP contribution < -0.4 is 4.72 Å². The number of nitrogens with zero attached hydrogens (tertiary/aromatic N) is 7. The molecule has 0 atom stereocenters. The van der Waals surface area contributed by atoms with Gasteiger partial charge in [0.15, 0.2) is 12.1 Å². The SMILES string of the molecule is O=S(=O)(Nc1nn(S)c(CCCc2cccc(-n3ncnn3)c2)c1-c1ccccn1)c1ccc2ccccc2c1. The molecule has 6 aromatic rings. The minimum absolute atomic E-state index is 0.148. The number of fused-ring (bicyclic) bond motifs is 1. The van der Waals surface area contributed by atoms with Gasteiger partial charge in [0.2, 0.25) is 0 Å². The Morgan fingerprint density at radius 1 is 0.875 bits per heavy atom. The number of nitrogens with one attached hydrogen (secondary N) is 1. The van der Waals surface area contributed by atoms with E-state index >= 15 is 0 Å². The Labute approximate surface area is 236 Å². The zero-order valence-corrected chi connectivity index (χ0v) is 22.9. The second-order valence-corrected chi connectivity index (χ2v) is 11.2. The van der Waals surface area contributed by atoms with Crippen LogP contribution >= 0.6 is 12.8 Å². The first-order valence-corrected chi connectivity index (χ1v) is 14.4. The van der Waals surface area contributed by atoms with Crippen LogP contribution in [0.5, 0.6) is 0 Å². The largest absolute Gasteiger partial charge is 0.263 e. The van der Waals surface area contributed by atoms with Crippen molar-refractivity contribution < 1.29 is 8.42 Å². The van der Waals surface area contributed by atoms with Crippen LogP contribution in [0.4, 0.5) is 5.82 Å². The number of aromatic nitrogens is 7. The van der Waals surface area contributed by atoms with Crippen LogP contribution in [-0.2, 0) is 22.9 Å². The summed E-state index contributed by atoms with van der Waals surface area (Å²) in [7, 11) is -3.94. The van der Waals surface area contributed by atoms with Crippen molar-refractivity contribution in [2.24, 2.45) is 0 Å². The van der Waals surface area contributed by atoms with E-state index in [-0.39, 0.29) is 10.7 Å². The number of hydrogen-bond acceptors (Lipinski definition) is 8. The fourth-order valence-corrected chi connectivity index (χ4v) is 5.95. The number of anilines is 1. The molecule has 0 bridgehead atoms. The summed E-state index contributed by atoms with van der Waals surface area (Å²) >= 11 is 4.56. The van der Waals surface area contributed by atoms with Gasteiger partial charge in [0.1, 0.15) is 0 Å². The Morgan fingerprint density at radius 3 is 2.52 bits per heavy atom. The van der Waals surface area contributed by atoms with E-state index in [4.69, 9.17) is 0 Å². The van der Waals surface area contributed by atoms with E-state index in [1.807, 2.05) is 66.7 Å². The van der Waals surface area contributed by atoms with Crippen molar-refractivity contribution in [1.29, 1.82) is 0 Å². The first kappa shape index (κ1) is 25.7. The topological polar surface area (TPSA) is 120 Å². The Hall–Kier alpha value is -4.55. The summed E-state index contributed by atoms with van der Waals surface area (Å²) < 4.78 is 31.0. The van der Waals surface area contributed by atoms with Crippen molar-refractivity contribution >= 4 is 39.4 Å². The van der Waals surface area contributed by atoms with Crippen LogP contribution in [0.3, 0.4) is 0 Å². The maximum absolute atomic E-state index is 13.5. The molecule has 0 saturated heterocycles. The van der Waals surface area contributed by atoms with Crippen molar-refractivity contribution in [3.8, 4) is 16.9 Å². The molecule has 0 saturated carbocycles. The minimum atomic E-state index is -3.94. The molecule has 12 heteroatoms. The summed E-state index contributed by atoms with van der Waals surface area (Å²) in [5.41, 5.74) is 3.89. The van der Waals surface area contributed by atoms with Gasteiger partial charge in [-0.2, -0.15) is 0 Å². The van der Waals surface area contributed by atoms with Gasteiger partial charge in [-0.15, -0.1) is 20.1 Å². The van der Waals surface area contributed by atoms with Gasteiger partial charge >= 0.3 is 0 Å². The smallest absolute Gasteiger partial charge is 0.261 e. The molecule has 200 valence electrons. The molecular weight excluding hydrogens is 544 g/mol. The lowest BCUT2D eigenvalue weighted by Crippen LogP contribution is -2.14. The third-order valence-electron chi connectivity index (χ3n) is 6.51. The number of hydrogen-bond donors (Lipinski definition) is 2. The van der Waals surface area contributed by atoms with E-state index in [1.54, 1.807) is 24.4 Å². The molecule has 0 fully saturated rings. The van der Waals surface area contributed by atoms with Crippen molar-refractivity contribution in [1.82, 2.24) is 34.4 Å². The molecule has 6 rings (SSSR count). The number of thiol groups is 1. The van der Waals surface area contributed by atoms with Crippen molar-refractivity contribution in [3.05, 3.63) is 109 Å². The van der Waals surface area contributed by atoms with Gasteiger partial charge in [-0.3, -0.25) is 9.71 Å². The van der Waals surface area contributed by atoms with Crippen molar-refractivity contribution in [2.45, 2.75) is 24.2 Å². The van der Waals surface area contributed by atoms with Gasteiger partial charge in [-0.25, -0.2) is 12.5 Å². The predicted octanol–water partition coefficient (Wildman–Crippen LogP) is 4.74. The van der Waals surface area contributed by atoms with E-state index in [2.05, 4.69) is 43.0 Å². The maximum atomic E-state index is 13.5. The van der Waals surface area contributed by atoms with Gasteiger partial charge in [0, 0.05) is 6.20 Å². The highest BCUT2D eigenvalue weighted by molar-refractivity contribution is 7.92. The molecular formula is C28H24N8O2S2. The number of pyridine rings is 1. The lowest BCUT2D eigenvalue weighted by Gasteiger charge is -2.10. The molecule has 0 aliphatic rings. The summed E-state index contributed by atoms with van der Waals surface area (Å²) in [6.45, 7) is 0. The first-order chi connectivity index (χ1) is 19.5. The van der Waals surface area contributed by atoms with Crippen LogP contribution in [0.25, 0.3) is 27.7 Å². The number of aryl methyl sites for hydroxylation is 1. The van der Waals surface area contributed by atoms with Crippen molar-refractivity contribution in [2.75, 3.05) is 4.72 Å². The second kappa shape index (κ2) is 10.9. The summed E-state index contributed by atoms with van der Waals surface area (Å²) in [6, 6.07) is 26.1. The van der Waals surface area contributed by atoms with E-state index in [0.29, 0.717) is 17.7 Å². The van der Waals surface area contributed by atoms with Crippen LogP contribution in [0, 0.1) is 0 Å². The molecule has 0 amide bonds. The molecule has 3 aromatic heterocycles. The van der Waals surface area contributed by atoms with Gasteiger partial charge in [-0.1, -0.05) is 48.5 Å². The Bertz CT molecular complexity index is 1890. The number of tetrazole rings is 1. The lowest BCUT2D eigenvalue weighted by atomic mass is 10.0. The van der Waals surface area contributed by atoms with Gasteiger partial charge < -0.3 is 0 Å². The zero-order valence-electron chi connectivity index (χ0n) is 21.2. The molecule has 1 N–H and O–H groups in total. The quantitative estimate of drug-likeness (QED) is 0.242. The average Bonchev–Trinajstić information content (AvgIpc) is 3.62. The zero-order chi connectivity index (χ0) is 27.5. The maximum Gasteiger partial charge on any atom is 0.263 e. The summed E-state index contributed by atoms with van der Waals surface area (Å²) in [6.07, 6.45) is 5.18. The number of sulfonamides is 1. The fraction of sp³-hybridized carbons (Fsp3) is 0.107. The molecule has 0 aliphatic carbocycles. The van der Waals surface area contributed by atoms with Gasteiger partial charge in [-0.05, 0) is 90.0 Å². The lowest BCUT2D eigenvalue weighted by molar-refractivity contribution is 0.601. The third-order valence-corrected chi connectivity index (χ3v) is 8.18. The highest BCUT2D eigenvalue weighted by Gasteiger charge is 2.24. The Morgan fingerprint density at radius 2 is 1.73 bits per heavy atom. The van der Waals surface area contributed by atoms with E-state index < -0.39 is 10.0 Å². The minimum Gasteiger partial charge on any atom is -0.261 e. The Balaban J connectivity index is 1.28. The van der Waals surface area contributed by atoms with Gasteiger partial charge in [0.25, 0.3) is 10.0 Å². The highest BCUT2D eigenvalue weighted by Crippen LogP contribution is 2.33. The van der Waals surface area contributed by atoms with Crippen LogP contribution in [0.15, 0.2) is 102 Å². The molecule has 3 aromatic carbocycles. The number of rotatable bonds is 9. The molecule has 0 radical (unpaired) electrons. The van der Waals surface area contributed by atoms with E-state index in [0.717, 1.165) is 40.6 Å².